The Kier molecular flexibility index (Phi) is 5.49. The lowest BCUT2D eigenvalue weighted by molar-refractivity contribution is -0.131. The highest BCUT2D eigenvalue weighted by Crippen LogP contribution is 2.33. The maximum absolute atomic E-state index is 12.3. The van der Waals surface area contributed by atoms with E-state index in [-0.39, 0.29) is 24.2 Å². The van der Waals surface area contributed by atoms with Gasteiger partial charge in [-0.05, 0) is 25.0 Å². The van der Waals surface area contributed by atoms with Crippen molar-refractivity contribution < 1.29 is 19.1 Å². The summed E-state index contributed by atoms with van der Waals surface area (Å²) in [6, 6.07) is 1.87. The van der Waals surface area contributed by atoms with Crippen molar-refractivity contribution in [3.63, 3.8) is 0 Å². The number of thiophene rings is 1. The van der Waals surface area contributed by atoms with Crippen molar-refractivity contribution >= 4 is 45.5 Å². The molecule has 138 valence electrons. The van der Waals surface area contributed by atoms with E-state index in [0.29, 0.717) is 27.3 Å². The number of Topliss-reactive ketones (excluding diaryl/α,β-unsaturated/α-hetero) is 1. The van der Waals surface area contributed by atoms with Crippen molar-refractivity contribution in [1.82, 2.24) is 9.88 Å². The molecule has 0 saturated heterocycles. The van der Waals surface area contributed by atoms with Crippen LogP contribution in [0, 0.1) is 6.92 Å². The zero-order valence-electron chi connectivity index (χ0n) is 14.7. The van der Waals surface area contributed by atoms with Crippen LogP contribution in [-0.2, 0) is 22.6 Å². The summed E-state index contributed by atoms with van der Waals surface area (Å²) in [6.45, 7) is 6.26. The van der Waals surface area contributed by atoms with Crippen LogP contribution in [0.3, 0.4) is 0 Å². The van der Waals surface area contributed by atoms with Gasteiger partial charge in [0.2, 0.25) is 5.91 Å². The van der Waals surface area contributed by atoms with Gasteiger partial charge in [-0.15, -0.1) is 11.3 Å². The molecule has 3 rings (SSSR count). The van der Waals surface area contributed by atoms with Crippen molar-refractivity contribution in [1.29, 1.82) is 0 Å². The molecule has 0 aromatic carbocycles. The number of hydrogen-bond donors (Lipinski definition) is 1. The van der Waals surface area contributed by atoms with Gasteiger partial charge in [0.15, 0.2) is 16.0 Å². The van der Waals surface area contributed by atoms with Crippen LogP contribution < -0.4 is 10.1 Å². The highest BCUT2D eigenvalue weighted by Gasteiger charge is 2.22. The third-order valence-corrected chi connectivity index (χ3v) is 6.19. The molecule has 26 heavy (non-hydrogen) atoms. The number of esters is 1. The topological polar surface area (TPSA) is 88.6 Å². The molecule has 1 aliphatic heterocycles. The second-order valence-corrected chi connectivity index (χ2v) is 8.20. The van der Waals surface area contributed by atoms with Gasteiger partial charge < -0.3 is 10.1 Å². The Hall–Kier alpha value is -2.10. The minimum atomic E-state index is -0.330. The molecule has 0 fully saturated rings. The molecule has 2 aromatic rings. The molecule has 2 aromatic heterocycles. The number of fused-ring (bicyclic) bond motifs is 1. The molecular weight excluding hydrogens is 374 g/mol. The second kappa shape index (κ2) is 7.65. The summed E-state index contributed by atoms with van der Waals surface area (Å²) in [5.74, 6) is -0.540. The molecule has 7 nitrogen and oxygen atoms in total. The van der Waals surface area contributed by atoms with E-state index in [4.69, 9.17) is 4.74 Å². The number of ketones is 1. The highest BCUT2D eigenvalue weighted by molar-refractivity contribution is 7.17. The van der Waals surface area contributed by atoms with Crippen molar-refractivity contribution in [2.24, 2.45) is 0 Å². The van der Waals surface area contributed by atoms with Gasteiger partial charge in [-0.2, -0.15) is 0 Å². The smallest absolute Gasteiger partial charge is 0.308 e. The number of anilines is 1. The number of hydrogen-bond acceptors (Lipinski definition) is 8. The van der Waals surface area contributed by atoms with Crippen LogP contribution in [0.1, 0.15) is 39.7 Å². The van der Waals surface area contributed by atoms with Gasteiger partial charge >= 0.3 is 5.97 Å². The van der Waals surface area contributed by atoms with E-state index in [1.54, 1.807) is 6.92 Å². The summed E-state index contributed by atoms with van der Waals surface area (Å²) in [7, 11) is 0. The van der Waals surface area contributed by atoms with E-state index in [1.165, 1.54) is 41.4 Å². The van der Waals surface area contributed by atoms with Crippen LogP contribution in [0.15, 0.2) is 6.07 Å². The lowest BCUT2D eigenvalue weighted by atomic mass is 10.1. The largest absolute Gasteiger partial charge is 0.416 e. The Labute approximate surface area is 159 Å². The predicted octanol–water partition coefficient (Wildman–Crippen LogP) is 2.64. The lowest BCUT2D eigenvalue weighted by Gasteiger charge is -2.25. The minimum Gasteiger partial charge on any atom is -0.416 e. The number of aryl methyl sites for hydroxylation is 1. The van der Waals surface area contributed by atoms with Crippen molar-refractivity contribution in [3.05, 3.63) is 27.1 Å². The van der Waals surface area contributed by atoms with Gasteiger partial charge in [0.05, 0.1) is 17.1 Å². The number of rotatable bonds is 5. The van der Waals surface area contributed by atoms with E-state index in [1.807, 2.05) is 11.0 Å². The lowest BCUT2D eigenvalue weighted by Crippen LogP contribution is -2.36. The number of amides is 1. The first-order valence-electron chi connectivity index (χ1n) is 8.12. The summed E-state index contributed by atoms with van der Waals surface area (Å²) in [6.07, 6.45) is 0.819. The van der Waals surface area contributed by atoms with Gasteiger partial charge in [0, 0.05) is 31.8 Å². The van der Waals surface area contributed by atoms with Crippen LogP contribution in [-0.4, -0.2) is 40.6 Å². The number of carbonyl (C=O) groups excluding carboxylic acids is 3. The van der Waals surface area contributed by atoms with Gasteiger partial charge in [0.25, 0.3) is 0 Å². The third kappa shape index (κ3) is 4.35. The summed E-state index contributed by atoms with van der Waals surface area (Å²) < 4.78 is 5.14. The molecule has 1 amide bonds. The Morgan fingerprint density at radius 2 is 2.08 bits per heavy atom. The minimum absolute atomic E-state index is 0.0508. The van der Waals surface area contributed by atoms with Crippen molar-refractivity contribution in [2.75, 3.05) is 18.4 Å². The quantitative estimate of drug-likeness (QED) is 0.621. The molecule has 3 heterocycles. The Balaban J connectivity index is 1.59. The summed E-state index contributed by atoms with van der Waals surface area (Å²) in [5, 5.41) is 3.82. The van der Waals surface area contributed by atoms with Gasteiger partial charge in [-0.1, -0.05) is 11.3 Å². The highest BCUT2D eigenvalue weighted by atomic mass is 32.1. The number of nitrogens with zero attached hydrogens (tertiary/aromatic N) is 2. The third-order valence-electron chi connectivity index (χ3n) is 3.90. The fraction of sp³-hybridized carbons (Fsp3) is 0.412. The molecule has 0 unspecified atom stereocenters. The van der Waals surface area contributed by atoms with E-state index in [0.717, 1.165) is 18.5 Å². The van der Waals surface area contributed by atoms with Crippen LogP contribution in [0.4, 0.5) is 5.13 Å². The van der Waals surface area contributed by atoms with Crippen molar-refractivity contribution in [3.8, 4) is 5.06 Å². The molecular formula is C17H19N3O4S2. The Bertz CT molecular complexity index is 871. The first-order valence-corrected chi connectivity index (χ1v) is 9.75. The molecule has 1 aliphatic rings. The van der Waals surface area contributed by atoms with Gasteiger partial charge in [-0.25, -0.2) is 4.98 Å². The zero-order chi connectivity index (χ0) is 18.8. The first kappa shape index (κ1) is 18.7. The zero-order valence-corrected chi connectivity index (χ0v) is 16.4. The van der Waals surface area contributed by atoms with E-state index < -0.39 is 0 Å². The van der Waals surface area contributed by atoms with Crippen LogP contribution in [0.2, 0.25) is 0 Å². The molecule has 0 aliphatic carbocycles. The maximum atomic E-state index is 12.3. The predicted molar refractivity (Wildman–Crippen MR) is 100 cm³/mol. The standard InChI is InChI=1S/C17H19N3O4S2/c1-9-16(10(2)21)26-17(18-9)19-14(23)8-20-5-4-13-12(7-20)6-15(25-13)24-11(3)22/h6H,4-5,7-8H2,1-3H3,(H,18,19,23). The molecule has 0 saturated carbocycles. The van der Waals surface area contributed by atoms with Crippen LogP contribution in [0.5, 0.6) is 5.06 Å². The van der Waals surface area contributed by atoms with Crippen LogP contribution in [0.25, 0.3) is 0 Å². The first-order chi connectivity index (χ1) is 12.3. The number of carbonyl (C=O) groups is 3. The van der Waals surface area contributed by atoms with Crippen LogP contribution >= 0.6 is 22.7 Å². The van der Waals surface area contributed by atoms with E-state index in [2.05, 4.69) is 10.3 Å². The summed E-state index contributed by atoms with van der Waals surface area (Å²) >= 11 is 2.68. The molecule has 1 N–H and O–H groups in total. The SMILES string of the molecule is CC(=O)Oc1cc2c(s1)CCN(CC(=O)Nc1nc(C)c(C(C)=O)s1)C2. The average Bonchev–Trinajstić information content (AvgIpc) is 3.08. The number of thiazole rings is 1. The van der Waals surface area contributed by atoms with E-state index in [9.17, 15) is 14.4 Å². The molecule has 9 heteroatoms. The Morgan fingerprint density at radius 1 is 1.31 bits per heavy atom. The molecule has 0 radical (unpaired) electrons. The van der Waals surface area contributed by atoms with Gasteiger partial charge in [-0.3, -0.25) is 19.3 Å². The second-order valence-electron chi connectivity index (χ2n) is 6.11. The van der Waals surface area contributed by atoms with E-state index >= 15 is 0 Å². The van der Waals surface area contributed by atoms with Crippen molar-refractivity contribution in [2.45, 2.75) is 33.7 Å². The maximum Gasteiger partial charge on any atom is 0.308 e. The number of ether oxygens (including phenoxy) is 1. The average molecular weight is 393 g/mol. The van der Waals surface area contributed by atoms with Gasteiger partial charge in [0.1, 0.15) is 0 Å². The monoisotopic (exact) mass is 393 g/mol. The summed E-state index contributed by atoms with van der Waals surface area (Å²) in [5.41, 5.74) is 1.73. The normalized spacial score (nSPS) is 14.0. The number of aromatic nitrogens is 1. The fourth-order valence-corrected chi connectivity index (χ4v) is 4.76. The number of nitrogens with one attached hydrogen (secondary N) is 1. The fourth-order valence-electron chi connectivity index (χ4n) is 2.83. The summed E-state index contributed by atoms with van der Waals surface area (Å²) in [4.78, 5) is 42.9. The molecule has 0 atom stereocenters. The molecule has 0 bridgehead atoms. The Morgan fingerprint density at radius 3 is 2.73 bits per heavy atom. The molecule has 0 spiro atoms.